The second-order valence-corrected chi connectivity index (χ2v) is 7.64. The van der Waals surface area contributed by atoms with Crippen LogP contribution in [0.4, 0.5) is 5.69 Å². The normalized spacial score (nSPS) is 12.5. The molecule has 0 saturated heterocycles. The summed E-state index contributed by atoms with van der Waals surface area (Å²) in [4.78, 5) is 35.2. The Labute approximate surface area is 108 Å². The van der Waals surface area contributed by atoms with Crippen molar-refractivity contribution in [2.75, 3.05) is 5.32 Å². The molecule has 100 valence electrons. The summed E-state index contributed by atoms with van der Waals surface area (Å²) in [6, 6.07) is 8.06. The number of hydrogen-bond acceptors (Lipinski definition) is 3. The standard InChI is InChI=1S/C8H11NO6P2S/c10-16(11,12)8(17(13,14)15)7(18)9-6-4-2-1-3-5-6/h1-5,8H,(H,9,18)(H2,10,11,12)(H2,13,14,15). The van der Waals surface area contributed by atoms with E-state index in [0.29, 0.717) is 5.69 Å². The van der Waals surface area contributed by atoms with E-state index in [4.69, 9.17) is 19.6 Å². The van der Waals surface area contributed by atoms with Crippen LogP contribution in [-0.4, -0.2) is 30.0 Å². The van der Waals surface area contributed by atoms with Crippen LogP contribution in [0, 0.1) is 0 Å². The van der Waals surface area contributed by atoms with Crippen molar-refractivity contribution < 1.29 is 28.7 Å². The van der Waals surface area contributed by atoms with Gasteiger partial charge in [0.15, 0.2) is 0 Å². The van der Waals surface area contributed by atoms with Gasteiger partial charge in [0.25, 0.3) is 0 Å². The Morgan fingerprint density at radius 1 is 1.06 bits per heavy atom. The van der Waals surface area contributed by atoms with Gasteiger partial charge in [-0.25, -0.2) is 0 Å². The maximum absolute atomic E-state index is 11.1. The van der Waals surface area contributed by atoms with E-state index in [1.54, 1.807) is 30.3 Å². The molecule has 0 aliphatic carbocycles. The number of para-hydroxylation sites is 1. The second kappa shape index (κ2) is 5.59. The van der Waals surface area contributed by atoms with Crippen molar-refractivity contribution in [3.8, 4) is 0 Å². The molecular weight excluding hydrogens is 300 g/mol. The molecule has 0 spiro atoms. The van der Waals surface area contributed by atoms with Gasteiger partial charge in [-0.3, -0.25) is 9.13 Å². The zero-order valence-electron chi connectivity index (χ0n) is 8.87. The van der Waals surface area contributed by atoms with Crippen LogP contribution in [0.25, 0.3) is 0 Å². The smallest absolute Gasteiger partial charge is 0.347 e. The molecule has 5 N–H and O–H groups in total. The molecule has 0 saturated carbocycles. The minimum atomic E-state index is -5.06. The predicted octanol–water partition coefficient (Wildman–Crippen LogP) is 1.11. The number of nitrogens with one attached hydrogen (secondary N) is 1. The topological polar surface area (TPSA) is 127 Å². The quantitative estimate of drug-likeness (QED) is 0.413. The Morgan fingerprint density at radius 2 is 1.50 bits per heavy atom. The van der Waals surface area contributed by atoms with Gasteiger partial charge in [-0.05, 0) is 12.1 Å². The molecule has 0 bridgehead atoms. The Hall–Kier alpha value is -0.590. The zero-order chi connectivity index (χ0) is 14.0. The number of rotatable bonds is 4. The molecule has 7 nitrogen and oxygen atoms in total. The summed E-state index contributed by atoms with van der Waals surface area (Å²) in [5.41, 5.74) is 0.384. The van der Waals surface area contributed by atoms with Gasteiger partial charge in [0.1, 0.15) is 4.99 Å². The highest BCUT2D eigenvalue weighted by atomic mass is 32.1. The lowest BCUT2D eigenvalue weighted by atomic mass is 10.3. The van der Waals surface area contributed by atoms with Crippen LogP contribution >= 0.6 is 27.4 Å². The predicted molar refractivity (Wildman–Crippen MR) is 70.5 cm³/mol. The first-order valence-electron chi connectivity index (χ1n) is 4.59. The van der Waals surface area contributed by atoms with Gasteiger partial charge in [0, 0.05) is 5.69 Å². The van der Waals surface area contributed by atoms with E-state index in [2.05, 4.69) is 17.5 Å². The molecule has 0 fully saturated rings. The lowest BCUT2D eigenvalue weighted by molar-refractivity contribution is 0.350. The molecule has 0 unspecified atom stereocenters. The fourth-order valence-electron chi connectivity index (χ4n) is 1.23. The molecule has 0 atom stereocenters. The van der Waals surface area contributed by atoms with Crippen LogP contribution in [0.2, 0.25) is 0 Å². The molecule has 0 aliphatic rings. The Bertz CT molecular complexity index is 502. The third-order valence-electron chi connectivity index (χ3n) is 1.91. The summed E-state index contributed by atoms with van der Waals surface area (Å²) >= 11 is 4.66. The molecule has 0 amide bonds. The molecule has 1 aromatic rings. The van der Waals surface area contributed by atoms with Crippen molar-refractivity contribution in [3.63, 3.8) is 0 Å². The van der Waals surface area contributed by atoms with Crippen molar-refractivity contribution in [3.05, 3.63) is 30.3 Å². The average molecular weight is 311 g/mol. The lowest BCUT2D eigenvalue weighted by Crippen LogP contribution is -2.26. The van der Waals surface area contributed by atoms with Crippen molar-refractivity contribution >= 4 is 38.1 Å². The van der Waals surface area contributed by atoms with Crippen LogP contribution in [0.5, 0.6) is 0 Å². The summed E-state index contributed by atoms with van der Waals surface area (Å²) < 4.78 is 22.2. The first kappa shape index (κ1) is 15.5. The van der Waals surface area contributed by atoms with Gasteiger partial charge in [-0.1, -0.05) is 30.4 Å². The van der Waals surface area contributed by atoms with E-state index >= 15 is 0 Å². The Kier molecular flexibility index (Phi) is 4.80. The third kappa shape index (κ3) is 4.26. The summed E-state index contributed by atoms with van der Waals surface area (Å²) in [6.45, 7) is 0. The summed E-state index contributed by atoms with van der Waals surface area (Å²) in [7, 11) is -10.1. The highest BCUT2D eigenvalue weighted by Crippen LogP contribution is 2.60. The first-order valence-corrected chi connectivity index (χ1v) is 8.36. The SMILES string of the molecule is O=P(O)(O)C(C(=S)Nc1ccccc1)P(=O)(O)O. The number of thiocarbonyl (C=S) groups is 1. The monoisotopic (exact) mass is 311 g/mol. The molecule has 10 heteroatoms. The highest BCUT2D eigenvalue weighted by Gasteiger charge is 2.46. The fraction of sp³-hybridized carbons (Fsp3) is 0.125. The van der Waals surface area contributed by atoms with Crippen LogP contribution in [0.1, 0.15) is 0 Å². The van der Waals surface area contributed by atoms with Gasteiger partial charge in [0.2, 0.25) is 5.40 Å². The summed E-state index contributed by atoms with van der Waals surface area (Å²) in [5.74, 6) is 0. The van der Waals surface area contributed by atoms with Gasteiger partial charge in [-0.15, -0.1) is 0 Å². The van der Waals surface area contributed by atoms with Crippen molar-refractivity contribution in [1.29, 1.82) is 0 Å². The van der Waals surface area contributed by atoms with Crippen molar-refractivity contribution in [1.82, 2.24) is 0 Å². The lowest BCUT2D eigenvalue weighted by Gasteiger charge is -2.21. The summed E-state index contributed by atoms with van der Waals surface area (Å²) in [5, 5.41) is 0.0689. The molecular formula is C8H11NO6P2S. The highest BCUT2D eigenvalue weighted by molar-refractivity contribution is 7.85. The second-order valence-electron chi connectivity index (χ2n) is 3.41. The molecule has 0 aromatic heterocycles. The van der Waals surface area contributed by atoms with Gasteiger partial charge >= 0.3 is 15.2 Å². The molecule has 0 radical (unpaired) electrons. The van der Waals surface area contributed by atoms with E-state index in [-0.39, 0.29) is 0 Å². The van der Waals surface area contributed by atoms with Crippen molar-refractivity contribution in [2.24, 2.45) is 0 Å². The number of hydrogen-bond donors (Lipinski definition) is 5. The number of anilines is 1. The Balaban J connectivity index is 2.99. The minimum absolute atomic E-state index is 0.384. The summed E-state index contributed by atoms with van der Waals surface area (Å²) in [6.07, 6.45) is 0. The molecule has 18 heavy (non-hydrogen) atoms. The molecule has 1 aromatic carbocycles. The fourth-order valence-corrected chi connectivity index (χ4v) is 4.48. The Morgan fingerprint density at radius 3 is 1.89 bits per heavy atom. The van der Waals surface area contributed by atoms with E-state index in [9.17, 15) is 9.13 Å². The molecule has 1 rings (SSSR count). The zero-order valence-corrected chi connectivity index (χ0v) is 11.5. The van der Waals surface area contributed by atoms with E-state index < -0.39 is 25.6 Å². The number of benzene rings is 1. The largest absolute Gasteiger partial charge is 0.349 e. The molecule has 0 aliphatic heterocycles. The van der Waals surface area contributed by atoms with Gasteiger partial charge < -0.3 is 24.9 Å². The van der Waals surface area contributed by atoms with E-state index in [1.165, 1.54) is 0 Å². The van der Waals surface area contributed by atoms with Crippen molar-refractivity contribution in [2.45, 2.75) is 5.40 Å². The van der Waals surface area contributed by atoms with E-state index in [1.807, 2.05) is 0 Å². The van der Waals surface area contributed by atoms with Crippen LogP contribution in [0.3, 0.4) is 0 Å². The molecule has 0 heterocycles. The van der Waals surface area contributed by atoms with Gasteiger partial charge in [0.05, 0.1) is 0 Å². The van der Waals surface area contributed by atoms with Crippen LogP contribution in [-0.2, 0) is 9.13 Å². The maximum atomic E-state index is 11.1. The average Bonchev–Trinajstić information content (AvgIpc) is 2.13. The first-order chi connectivity index (χ1) is 8.12. The third-order valence-corrected chi connectivity index (χ3v) is 6.20. The van der Waals surface area contributed by atoms with E-state index in [0.717, 1.165) is 0 Å². The maximum Gasteiger partial charge on any atom is 0.347 e. The van der Waals surface area contributed by atoms with Crippen LogP contribution < -0.4 is 5.32 Å². The van der Waals surface area contributed by atoms with Gasteiger partial charge in [-0.2, -0.15) is 0 Å². The minimum Gasteiger partial charge on any atom is -0.349 e. The van der Waals surface area contributed by atoms with Crippen LogP contribution in [0.15, 0.2) is 30.3 Å².